The van der Waals surface area contributed by atoms with E-state index in [1.807, 2.05) is 26.1 Å². The lowest BCUT2D eigenvalue weighted by molar-refractivity contribution is 0.443. The molecule has 1 aliphatic rings. The van der Waals surface area contributed by atoms with Crippen LogP contribution in [0.1, 0.15) is 18.5 Å². The van der Waals surface area contributed by atoms with Gasteiger partial charge in [0, 0.05) is 30.4 Å². The van der Waals surface area contributed by atoms with Crippen molar-refractivity contribution in [1.29, 1.82) is 0 Å². The number of hydrogen-bond acceptors (Lipinski definition) is 6. The van der Waals surface area contributed by atoms with Gasteiger partial charge in [0.25, 0.3) is 5.71 Å². The molecule has 0 aliphatic heterocycles. The van der Waals surface area contributed by atoms with E-state index in [0.29, 0.717) is 23.4 Å². The molecule has 140 valence electrons. The number of aromatic nitrogens is 4. The highest BCUT2D eigenvalue weighted by Gasteiger charge is 2.28. The Balaban J connectivity index is 1.71. The molecule has 7 heteroatoms. The molecular weight excluding hydrogens is 357 g/mol. The van der Waals surface area contributed by atoms with Crippen LogP contribution in [0.5, 0.6) is 0 Å². The van der Waals surface area contributed by atoms with Gasteiger partial charge in [-0.2, -0.15) is 0 Å². The predicted molar refractivity (Wildman–Crippen MR) is 104 cm³/mol. The first-order valence-electron chi connectivity index (χ1n) is 9.19. The second-order valence-electron chi connectivity index (χ2n) is 7.10. The summed E-state index contributed by atoms with van der Waals surface area (Å²) in [6.45, 7) is 1.88. The minimum absolute atomic E-state index is 0.294. The van der Waals surface area contributed by atoms with Gasteiger partial charge in [-0.3, -0.25) is 0 Å². The van der Waals surface area contributed by atoms with E-state index in [1.54, 1.807) is 18.3 Å². The second kappa shape index (κ2) is 6.37. The van der Waals surface area contributed by atoms with E-state index in [-0.39, 0.29) is 5.82 Å². The lowest BCUT2D eigenvalue weighted by Crippen LogP contribution is -2.21. The summed E-state index contributed by atoms with van der Waals surface area (Å²) in [5.41, 5.74) is 4.25. The number of aryl methyl sites for hydroxylation is 1. The van der Waals surface area contributed by atoms with Crippen molar-refractivity contribution in [3.8, 4) is 22.5 Å². The van der Waals surface area contributed by atoms with Crippen LogP contribution in [-0.4, -0.2) is 33.2 Å². The molecule has 3 aromatic heterocycles. The third kappa shape index (κ3) is 2.89. The number of benzene rings is 1. The van der Waals surface area contributed by atoms with E-state index < -0.39 is 0 Å². The van der Waals surface area contributed by atoms with Gasteiger partial charge in [0.15, 0.2) is 0 Å². The molecular formula is C21H18FN5O. The van der Waals surface area contributed by atoms with Gasteiger partial charge in [0.1, 0.15) is 5.82 Å². The van der Waals surface area contributed by atoms with Crippen molar-refractivity contribution in [1.82, 2.24) is 20.1 Å². The van der Waals surface area contributed by atoms with Crippen LogP contribution in [0.25, 0.3) is 33.6 Å². The van der Waals surface area contributed by atoms with Crippen LogP contribution >= 0.6 is 0 Å². The molecule has 3 heterocycles. The quantitative estimate of drug-likeness (QED) is 0.527. The van der Waals surface area contributed by atoms with Crippen molar-refractivity contribution in [3.05, 3.63) is 54.1 Å². The molecule has 1 aromatic carbocycles. The molecule has 5 rings (SSSR count). The Morgan fingerprint density at radius 1 is 1.11 bits per heavy atom. The van der Waals surface area contributed by atoms with E-state index in [1.165, 1.54) is 12.1 Å². The van der Waals surface area contributed by atoms with Gasteiger partial charge >= 0.3 is 0 Å². The minimum Gasteiger partial charge on any atom is -0.341 e. The first-order valence-corrected chi connectivity index (χ1v) is 9.19. The summed E-state index contributed by atoms with van der Waals surface area (Å²) in [6, 6.07) is 10.6. The van der Waals surface area contributed by atoms with Crippen molar-refractivity contribution in [2.75, 3.05) is 11.9 Å². The molecule has 0 saturated heterocycles. The first kappa shape index (κ1) is 16.8. The topological polar surface area (TPSA) is 67.9 Å². The Hall–Kier alpha value is -3.35. The van der Waals surface area contributed by atoms with E-state index in [0.717, 1.165) is 40.7 Å². The maximum absolute atomic E-state index is 13.4. The Bertz CT molecular complexity index is 1170. The highest BCUT2D eigenvalue weighted by Crippen LogP contribution is 2.35. The fraction of sp³-hybridized carbons (Fsp3) is 0.238. The van der Waals surface area contributed by atoms with Crippen molar-refractivity contribution >= 4 is 17.0 Å². The number of fused-ring (bicyclic) bond motifs is 1. The van der Waals surface area contributed by atoms with Crippen LogP contribution in [0.4, 0.5) is 10.3 Å². The molecule has 6 nitrogen and oxygen atoms in total. The lowest BCUT2D eigenvalue weighted by atomic mass is 10.0. The molecule has 4 aromatic rings. The average molecular weight is 375 g/mol. The molecule has 0 spiro atoms. The van der Waals surface area contributed by atoms with Gasteiger partial charge in [0.2, 0.25) is 5.95 Å². The van der Waals surface area contributed by atoms with Crippen LogP contribution in [0.2, 0.25) is 0 Å². The Labute approximate surface area is 161 Å². The van der Waals surface area contributed by atoms with Crippen molar-refractivity contribution in [2.45, 2.75) is 25.8 Å². The summed E-state index contributed by atoms with van der Waals surface area (Å²) < 4.78 is 18.8. The molecule has 0 amide bonds. The van der Waals surface area contributed by atoms with Crippen molar-refractivity contribution in [3.63, 3.8) is 0 Å². The number of rotatable bonds is 4. The normalized spacial score (nSPS) is 13.8. The Kier molecular flexibility index (Phi) is 3.82. The molecule has 0 radical (unpaired) electrons. The fourth-order valence-corrected chi connectivity index (χ4v) is 3.30. The molecule has 1 saturated carbocycles. The van der Waals surface area contributed by atoms with Gasteiger partial charge in [0.05, 0.1) is 22.5 Å². The molecule has 0 atom stereocenters. The zero-order chi connectivity index (χ0) is 19.3. The molecule has 1 fully saturated rings. The predicted octanol–water partition coefficient (Wildman–Crippen LogP) is 4.39. The Morgan fingerprint density at radius 3 is 2.64 bits per heavy atom. The number of pyridine rings is 1. The number of anilines is 1. The first-order chi connectivity index (χ1) is 13.6. The highest BCUT2D eigenvalue weighted by atomic mass is 19.1. The molecule has 0 bridgehead atoms. The summed E-state index contributed by atoms with van der Waals surface area (Å²) in [5.74, 6) is 0.393. The summed E-state index contributed by atoms with van der Waals surface area (Å²) in [4.78, 5) is 16.0. The molecule has 0 N–H and O–H groups in total. The molecule has 28 heavy (non-hydrogen) atoms. The van der Waals surface area contributed by atoms with Gasteiger partial charge < -0.3 is 9.42 Å². The minimum atomic E-state index is -0.294. The zero-order valence-corrected chi connectivity index (χ0v) is 15.6. The van der Waals surface area contributed by atoms with Gasteiger partial charge in [-0.05, 0) is 56.2 Å². The summed E-state index contributed by atoms with van der Waals surface area (Å²) in [5, 5.41) is 4.85. The maximum atomic E-state index is 13.4. The third-order valence-electron chi connectivity index (χ3n) is 5.09. The summed E-state index contributed by atoms with van der Waals surface area (Å²) in [7, 11) is 2.02. The van der Waals surface area contributed by atoms with Crippen LogP contribution in [-0.2, 0) is 0 Å². The molecule has 1 aliphatic carbocycles. The summed E-state index contributed by atoms with van der Waals surface area (Å²) >= 11 is 0. The average Bonchev–Trinajstić information content (AvgIpc) is 3.51. The largest absolute Gasteiger partial charge is 0.341 e. The monoisotopic (exact) mass is 375 g/mol. The Morgan fingerprint density at radius 2 is 1.89 bits per heavy atom. The maximum Gasteiger partial charge on any atom is 0.258 e. The lowest BCUT2D eigenvalue weighted by Gasteiger charge is -2.17. The van der Waals surface area contributed by atoms with Gasteiger partial charge in [-0.25, -0.2) is 19.3 Å². The summed E-state index contributed by atoms with van der Waals surface area (Å²) in [6.07, 6.45) is 4.09. The van der Waals surface area contributed by atoms with Crippen LogP contribution in [0.3, 0.4) is 0 Å². The zero-order valence-electron chi connectivity index (χ0n) is 15.6. The van der Waals surface area contributed by atoms with Gasteiger partial charge in [-0.15, -0.1) is 0 Å². The van der Waals surface area contributed by atoms with Crippen molar-refractivity contribution in [2.24, 2.45) is 0 Å². The van der Waals surface area contributed by atoms with Crippen LogP contribution in [0, 0.1) is 12.7 Å². The standard InChI is InChI=1S/C21H18FN5O/c1-12-16-11-17(18-9-10-23-21(24-18)27(2)15-7-8-15)19(25-20(16)28-26-12)13-3-5-14(22)6-4-13/h3-6,9-11,15H,7-8H2,1-2H3. The number of halogens is 1. The van der Waals surface area contributed by atoms with E-state index in [2.05, 4.69) is 20.0 Å². The third-order valence-corrected chi connectivity index (χ3v) is 5.09. The molecule has 0 unspecified atom stereocenters. The van der Waals surface area contributed by atoms with Crippen LogP contribution < -0.4 is 4.90 Å². The van der Waals surface area contributed by atoms with Gasteiger partial charge in [-0.1, -0.05) is 5.16 Å². The van der Waals surface area contributed by atoms with E-state index in [9.17, 15) is 4.39 Å². The second-order valence-corrected chi connectivity index (χ2v) is 7.10. The van der Waals surface area contributed by atoms with E-state index in [4.69, 9.17) is 9.51 Å². The number of nitrogens with zero attached hydrogens (tertiary/aromatic N) is 5. The number of hydrogen-bond donors (Lipinski definition) is 0. The van der Waals surface area contributed by atoms with Crippen LogP contribution in [0.15, 0.2) is 47.1 Å². The highest BCUT2D eigenvalue weighted by molar-refractivity contribution is 5.89. The smallest absolute Gasteiger partial charge is 0.258 e. The van der Waals surface area contributed by atoms with Crippen molar-refractivity contribution < 1.29 is 8.91 Å². The SMILES string of the molecule is Cc1noc2nc(-c3ccc(F)cc3)c(-c3ccnc(N(C)C4CC4)n3)cc12. The van der Waals surface area contributed by atoms with E-state index >= 15 is 0 Å². The fourth-order valence-electron chi connectivity index (χ4n) is 3.30.